The maximum atomic E-state index is 12.1. The second-order valence-corrected chi connectivity index (χ2v) is 4.88. The van der Waals surface area contributed by atoms with Crippen molar-refractivity contribution in [2.75, 3.05) is 33.7 Å². The largest absolute Gasteiger partial charge is 0.359 e. The minimum atomic E-state index is -0.0280. The van der Waals surface area contributed by atoms with Gasteiger partial charge < -0.3 is 15.5 Å². The Morgan fingerprint density at radius 3 is 2.71 bits per heavy atom. The van der Waals surface area contributed by atoms with Gasteiger partial charge in [-0.15, -0.1) is 0 Å². The van der Waals surface area contributed by atoms with Crippen molar-refractivity contribution in [1.29, 1.82) is 0 Å². The van der Waals surface area contributed by atoms with Gasteiger partial charge in [0, 0.05) is 33.6 Å². The van der Waals surface area contributed by atoms with Gasteiger partial charge in [0.1, 0.15) is 0 Å². The Labute approximate surface area is 103 Å². The zero-order chi connectivity index (χ0) is 12.8. The van der Waals surface area contributed by atoms with E-state index in [0.29, 0.717) is 18.9 Å². The van der Waals surface area contributed by atoms with Crippen LogP contribution < -0.4 is 10.6 Å². The normalized spacial score (nSPS) is 24.2. The molecule has 0 aromatic rings. The number of hydrogen-bond acceptors (Lipinski definition) is 3. The van der Waals surface area contributed by atoms with Crippen LogP contribution >= 0.6 is 0 Å². The molecule has 0 aromatic carbocycles. The van der Waals surface area contributed by atoms with Crippen LogP contribution in [0, 0.1) is 11.8 Å². The Kier molecular flexibility index (Phi) is 5.41. The fourth-order valence-corrected chi connectivity index (χ4v) is 2.16. The first kappa shape index (κ1) is 14.0. The quantitative estimate of drug-likeness (QED) is 0.718. The summed E-state index contributed by atoms with van der Waals surface area (Å²) in [4.78, 5) is 24.9. The van der Waals surface area contributed by atoms with Gasteiger partial charge in [0.05, 0.1) is 5.92 Å². The molecule has 1 heterocycles. The molecule has 1 aliphatic heterocycles. The number of hydrogen-bond donors (Lipinski definition) is 2. The molecule has 98 valence electrons. The van der Waals surface area contributed by atoms with Gasteiger partial charge in [0.2, 0.25) is 11.8 Å². The SMILES string of the molecule is CNC(=O)CCN(C)C(=O)C1CNCC(C)C1. The second-order valence-electron chi connectivity index (χ2n) is 4.88. The molecular formula is C12H23N3O2. The van der Waals surface area contributed by atoms with Crippen molar-refractivity contribution < 1.29 is 9.59 Å². The summed E-state index contributed by atoms with van der Waals surface area (Å²) in [5, 5.41) is 5.83. The van der Waals surface area contributed by atoms with E-state index in [1.165, 1.54) is 0 Å². The highest BCUT2D eigenvalue weighted by atomic mass is 16.2. The smallest absolute Gasteiger partial charge is 0.226 e. The molecule has 1 aliphatic rings. The van der Waals surface area contributed by atoms with Crippen LogP contribution in [-0.2, 0) is 9.59 Å². The number of rotatable bonds is 4. The van der Waals surface area contributed by atoms with Gasteiger partial charge in [0.15, 0.2) is 0 Å². The van der Waals surface area contributed by atoms with Crippen molar-refractivity contribution >= 4 is 11.8 Å². The van der Waals surface area contributed by atoms with Gasteiger partial charge >= 0.3 is 0 Å². The summed E-state index contributed by atoms with van der Waals surface area (Å²) in [7, 11) is 3.38. The van der Waals surface area contributed by atoms with Crippen molar-refractivity contribution in [3.8, 4) is 0 Å². The predicted octanol–water partition coefficient (Wildman–Crippen LogP) is -0.173. The van der Waals surface area contributed by atoms with Gasteiger partial charge in [-0.1, -0.05) is 6.92 Å². The summed E-state index contributed by atoms with van der Waals surface area (Å²) in [6, 6.07) is 0. The maximum Gasteiger partial charge on any atom is 0.226 e. The lowest BCUT2D eigenvalue weighted by Crippen LogP contribution is -2.44. The number of nitrogens with zero attached hydrogens (tertiary/aromatic N) is 1. The molecule has 0 saturated carbocycles. The van der Waals surface area contributed by atoms with Crippen LogP contribution in [0.5, 0.6) is 0 Å². The molecule has 5 heteroatoms. The standard InChI is InChI=1S/C12H23N3O2/c1-9-6-10(8-14-7-9)12(17)15(3)5-4-11(16)13-2/h9-10,14H,4-8H2,1-3H3,(H,13,16). The van der Waals surface area contributed by atoms with E-state index in [9.17, 15) is 9.59 Å². The molecule has 2 atom stereocenters. The first-order valence-corrected chi connectivity index (χ1v) is 6.20. The van der Waals surface area contributed by atoms with Crippen LogP contribution in [0.3, 0.4) is 0 Å². The average Bonchev–Trinajstić information content (AvgIpc) is 2.34. The molecule has 1 rings (SSSR count). The summed E-state index contributed by atoms with van der Waals surface area (Å²) < 4.78 is 0. The molecule has 0 aliphatic carbocycles. The van der Waals surface area contributed by atoms with E-state index in [2.05, 4.69) is 17.6 Å². The molecule has 0 spiro atoms. The Morgan fingerprint density at radius 1 is 1.41 bits per heavy atom. The molecule has 0 aromatic heterocycles. The molecule has 2 amide bonds. The van der Waals surface area contributed by atoms with Crippen LogP contribution in [0.25, 0.3) is 0 Å². The van der Waals surface area contributed by atoms with E-state index in [0.717, 1.165) is 19.5 Å². The van der Waals surface area contributed by atoms with E-state index in [4.69, 9.17) is 0 Å². The predicted molar refractivity (Wildman–Crippen MR) is 66.5 cm³/mol. The van der Waals surface area contributed by atoms with Gasteiger partial charge in [0.25, 0.3) is 0 Å². The van der Waals surface area contributed by atoms with Crippen LogP contribution in [0.15, 0.2) is 0 Å². The summed E-state index contributed by atoms with van der Waals surface area (Å²) in [6.45, 7) is 4.39. The zero-order valence-electron chi connectivity index (χ0n) is 11.0. The molecule has 1 saturated heterocycles. The van der Waals surface area contributed by atoms with Crippen molar-refractivity contribution in [3.05, 3.63) is 0 Å². The Hall–Kier alpha value is -1.10. The first-order chi connectivity index (χ1) is 8.04. The number of carbonyl (C=O) groups is 2. The Morgan fingerprint density at radius 2 is 2.12 bits per heavy atom. The number of carbonyl (C=O) groups excluding carboxylic acids is 2. The lowest BCUT2D eigenvalue weighted by Gasteiger charge is -2.30. The van der Waals surface area contributed by atoms with E-state index >= 15 is 0 Å². The van der Waals surface area contributed by atoms with Gasteiger partial charge in [-0.05, 0) is 18.9 Å². The van der Waals surface area contributed by atoms with Gasteiger partial charge in [-0.2, -0.15) is 0 Å². The number of piperidine rings is 1. The highest BCUT2D eigenvalue weighted by molar-refractivity contribution is 5.80. The summed E-state index contributed by atoms with van der Waals surface area (Å²) >= 11 is 0. The van der Waals surface area contributed by atoms with E-state index in [-0.39, 0.29) is 17.7 Å². The third-order valence-electron chi connectivity index (χ3n) is 3.25. The van der Waals surface area contributed by atoms with E-state index < -0.39 is 0 Å². The molecule has 0 radical (unpaired) electrons. The van der Waals surface area contributed by atoms with E-state index in [1.807, 2.05) is 0 Å². The van der Waals surface area contributed by atoms with Crippen molar-refractivity contribution in [2.24, 2.45) is 11.8 Å². The third-order valence-corrected chi connectivity index (χ3v) is 3.25. The molecule has 1 fully saturated rings. The summed E-state index contributed by atoms with van der Waals surface area (Å²) in [5.74, 6) is 0.728. The van der Waals surface area contributed by atoms with Crippen LogP contribution in [0.4, 0.5) is 0 Å². The fraction of sp³-hybridized carbons (Fsp3) is 0.833. The summed E-state index contributed by atoms with van der Waals surface area (Å²) in [5.41, 5.74) is 0. The van der Waals surface area contributed by atoms with Crippen LogP contribution in [0.1, 0.15) is 19.8 Å². The summed E-state index contributed by atoms with van der Waals surface area (Å²) in [6.07, 6.45) is 1.31. The van der Waals surface area contributed by atoms with Crippen molar-refractivity contribution in [1.82, 2.24) is 15.5 Å². The van der Waals surface area contributed by atoms with Crippen molar-refractivity contribution in [3.63, 3.8) is 0 Å². The van der Waals surface area contributed by atoms with Crippen LogP contribution in [-0.4, -0.2) is 50.4 Å². The first-order valence-electron chi connectivity index (χ1n) is 6.20. The zero-order valence-corrected chi connectivity index (χ0v) is 11.0. The second kappa shape index (κ2) is 6.59. The lowest BCUT2D eigenvalue weighted by atomic mass is 9.91. The minimum Gasteiger partial charge on any atom is -0.359 e. The van der Waals surface area contributed by atoms with Crippen molar-refractivity contribution in [2.45, 2.75) is 19.8 Å². The topological polar surface area (TPSA) is 61.4 Å². The lowest BCUT2D eigenvalue weighted by molar-refractivity contribution is -0.135. The average molecular weight is 241 g/mol. The van der Waals surface area contributed by atoms with Crippen LogP contribution in [0.2, 0.25) is 0 Å². The van der Waals surface area contributed by atoms with E-state index in [1.54, 1.807) is 19.0 Å². The molecular weight excluding hydrogens is 218 g/mol. The molecule has 2 N–H and O–H groups in total. The highest BCUT2D eigenvalue weighted by Crippen LogP contribution is 2.17. The maximum absolute atomic E-state index is 12.1. The molecule has 5 nitrogen and oxygen atoms in total. The number of nitrogens with one attached hydrogen (secondary N) is 2. The van der Waals surface area contributed by atoms with Gasteiger partial charge in [-0.25, -0.2) is 0 Å². The highest BCUT2D eigenvalue weighted by Gasteiger charge is 2.27. The third kappa shape index (κ3) is 4.34. The monoisotopic (exact) mass is 241 g/mol. The molecule has 17 heavy (non-hydrogen) atoms. The Bertz CT molecular complexity index is 281. The Balaban J connectivity index is 2.37. The van der Waals surface area contributed by atoms with Gasteiger partial charge in [-0.3, -0.25) is 9.59 Å². The molecule has 0 bridgehead atoms. The fourth-order valence-electron chi connectivity index (χ4n) is 2.16. The minimum absolute atomic E-state index is 0.0280. The number of amides is 2. The molecule has 2 unspecified atom stereocenters.